The van der Waals surface area contributed by atoms with Crippen LogP contribution in [0.4, 0.5) is 4.39 Å². The van der Waals surface area contributed by atoms with Gasteiger partial charge in [-0.15, -0.1) is 0 Å². The van der Waals surface area contributed by atoms with Crippen molar-refractivity contribution in [2.45, 2.75) is 13.5 Å². The van der Waals surface area contributed by atoms with Gasteiger partial charge in [0.1, 0.15) is 0 Å². The Balaban J connectivity index is 2.33. The molecule has 0 atom stereocenters. The second-order valence-electron chi connectivity index (χ2n) is 4.05. The highest BCUT2D eigenvalue weighted by Gasteiger charge is 2.15. The fourth-order valence-electron chi connectivity index (χ4n) is 2.16. The quantitative estimate of drug-likeness (QED) is 0.749. The number of aromatic amines is 1. The minimum Gasteiger partial charge on any atom is -0.360 e. The van der Waals surface area contributed by atoms with Crippen LogP contribution < -0.4 is 0 Å². The number of nitrogens with zero attached hydrogens (tertiary/aromatic N) is 2. The lowest BCUT2D eigenvalue weighted by Gasteiger charge is -2.04. The number of aromatic nitrogens is 3. The standard InChI is InChI=1S/C13H11ClFN3/c1-2-18-7-16-6-11(18)8-5-17-10-4-3-9(14)13(15)12(8)10/h3-7,17H,2H2,1H3. The number of hydrogen-bond acceptors (Lipinski definition) is 1. The maximum atomic E-state index is 14.1. The molecule has 0 radical (unpaired) electrons. The van der Waals surface area contributed by atoms with E-state index in [0.717, 1.165) is 23.3 Å². The minimum atomic E-state index is -0.394. The molecule has 0 amide bonds. The van der Waals surface area contributed by atoms with E-state index in [1.807, 2.05) is 11.5 Å². The Labute approximate surface area is 108 Å². The van der Waals surface area contributed by atoms with Crippen LogP contribution in [0.5, 0.6) is 0 Å². The van der Waals surface area contributed by atoms with Gasteiger partial charge in [0, 0.05) is 29.2 Å². The summed E-state index contributed by atoms with van der Waals surface area (Å²) in [6, 6.07) is 3.33. The van der Waals surface area contributed by atoms with Gasteiger partial charge < -0.3 is 9.55 Å². The van der Waals surface area contributed by atoms with E-state index in [0.29, 0.717) is 5.39 Å². The van der Waals surface area contributed by atoms with Crippen molar-refractivity contribution in [3.63, 3.8) is 0 Å². The zero-order valence-electron chi connectivity index (χ0n) is 9.74. The Kier molecular flexibility index (Phi) is 2.59. The summed E-state index contributed by atoms with van der Waals surface area (Å²) in [5.74, 6) is -0.394. The van der Waals surface area contributed by atoms with Gasteiger partial charge in [0.05, 0.1) is 23.2 Å². The highest BCUT2D eigenvalue weighted by atomic mass is 35.5. The SMILES string of the molecule is CCn1cncc1-c1c[nH]c2ccc(Cl)c(F)c12. The average molecular weight is 264 g/mol. The van der Waals surface area contributed by atoms with E-state index in [1.165, 1.54) is 0 Å². The lowest BCUT2D eigenvalue weighted by atomic mass is 10.1. The van der Waals surface area contributed by atoms with Crippen LogP contribution in [-0.4, -0.2) is 14.5 Å². The van der Waals surface area contributed by atoms with Crippen molar-refractivity contribution in [3.05, 3.63) is 41.7 Å². The third-order valence-electron chi connectivity index (χ3n) is 3.07. The smallest absolute Gasteiger partial charge is 0.151 e. The van der Waals surface area contributed by atoms with Crippen molar-refractivity contribution in [2.24, 2.45) is 0 Å². The molecule has 1 aromatic carbocycles. The summed E-state index contributed by atoms with van der Waals surface area (Å²) < 4.78 is 16.1. The molecular weight excluding hydrogens is 253 g/mol. The molecule has 0 spiro atoms. The summed E-state index contributed by atoms with van der Waals surface area (Å²) in [4.78, 5) is 7.16. The van der Waals surface area contributed by atoms with E-state index >= 15 is 0 Å². The fraction of sp³-hybridized carbons (Fsp3) is 0.154. The maximum Gasteiger partial charge on any atom is 0.151 e. The minimum absolute atomic E-state index is 0.130. The number of nitrogens with one attached hydrogen (secondary N) is 1. The van der Waals surface area contributed by atoms with Crippen LogP contribution in [0.25, 0.3) is 22.2 Å². The maximum absolute atomic E-state index is 14.1. The molecule has 3 aromatic rings. The molecule has 0 saturated heterocycles. The second-order valence-corrected chi connectivity index (χ2v) is 4.46. The van der Waals surface area contributed by atoms with E-state index in [-0.39, 0.29) is 5.02 Å². The van der Waals surface area contributed by atoms with Gasteiger partial charge in [0.2, 0.25) is 0 Å². The molecule has 0 bridgehead atoms. The Morgan fingerprint density at radius 2 is 2.28 bits per heavy atom. The molecule has 5 heteroatoms. The van der Waals surface area contributed by atoms with Gasteiger partial charge in [-0.1, -0.05) is 11.6 Å². The summed E-state index contributed by atoms with van der Waals surface area (Å²) >= 11 is 5.84. The van der Waals surface area contributed by atoms with Gasteiger partial charge in [0.25, 0.3) is 0 Å². The average Bonchev–Trinajstić information content (AvgIpc) is 2.99. The molecule has 0 aliphatic carbocycles. The number of H-pyrrole nitrogens is 1. The van der Waals surface area contributed by atoms with Crippen LogP contribution >= 0.6 is 11.6 Å². The van der Waals surface area contributed by atoms with Crippen LogP contribution in [0.1, 0.15) is 6.92 Å². The molecule has 2 aromatic heterocycles. The van der Waals surface area contributed by atoms with Crippen molar-refractivity contribution in [1.29, 1.82) is 0 Å². The van der Waals surface area contributed by atoms with E-state index in [9.17, 15) is 4.39 Å². The summed E-state index contributed by atoms with van der Waals surface area (Å²) in [7, 11) is 0. The van der Waals surface area contributed by atoms with Crippen molar-refractivity contribution >= 4 is 22.5 Å². The van der Waals surface area contributed by atoms with Gasteiger partial charge in [-0.2, -0.15) is 0 Å². The summed E-state index contributed by atoms with van der Waals surface area (Å²) in [5.41, 5.74) is 2.39. The third-order valence-corrected chi connectivity index (χ3v) is 3.36. The van der Waals surface area contributed by atoms with Gasteiger partial charge in [-0.3, -0.25) is 0 Å². The highest BCUT2D eigenvalue weighted by Crippen LogP contribution is 2.33. The molecule has 2 heterocycles. The van der Waals surface area contributed by atoms with Gasteiger partial charge >= 0.3 is 0 Å². The molecule has 0 fully saturated rings. The molecule has 0 aliphatic heterocycles. The number of imidazole rings is 1. The predicted molar refractivity (Wildman–Crippen MR) is 70.2 cm³/mol. The number of benzene rings is 1. The first-order valence-corrected chi connectivity index (χ1v) is 6.05. The van der Waals surface area contributed by atoms with Crippen molar-refractivity contribution in [2.75, 3.05) is 0 Å². The molecule has 3 rings (SSSR count). The first-order valence-electron chi connectivity index (χ1n) is 5.68. The monoisotopic (exact) mass is 263 g/mol. The van der Waals surface area contributed by atoms with Gasteiger partial charge in [-0.05, 0) is 19.1 Å². The van der Waals surface area contributed by atoms with E-state index in [2.05, 4.69) is 9.97 Å². The highest BCUT2D eigenvalue weighted by molar-refractivity contribution is 6.31. The normalized spacial score (nSPS) is 11.3. The molecule has 18 heavy (non-hydrogen) atoms. The molecule has 0 saturated carbocycles. The van der Waals surface area contributed by atoms with E-state index in [1.54, 1.807) is 30.9 Å². The van der Waals surface area contributed by atoms with Crippen molar-refractivity contribution in [1.82, 2.24) is 14.5 Å². The Morgan fingerprint density at radius 3 is 3.06 bits per heavy atom. The number of aryl methyl sites for hydroxylation is 1. The summed E-state index contributed by atoms with van der Waals surface area (Å²) in [5, 5.41) is 0.642. The van der Waals surface area contributed by atoms with Crippen LogP contribution in [-0.2, 0) is 6.54 Å². The van der Waals surface area contributed by atoms with Crippen LogP contribution in [0.15, 0.2) is 30.9 Å². The molecule has 0 unspecified atom stereocenters. The van der Waals surface area contributed by atoms with Crippen molar-refractivity contribution < 1.29 is 4.39 Å². The van der Waals surface area contributed by atoms with Crippen LogP contribution in [0.2, 0.25) is 5.02 Å². The first kappa shape index (κ1) is 11.3. The first-order chi connectivity index (χ1) is 8.72. The molecular formula is C13H11ClFN3. The molecule has 0 aliphatic rings. The van der Waals surface area contributed by atoms with Gasteiger partial charge in [-0.25, -0.2) is 9.37 Å². The zero-order chi connectivity index (χ0) is 12.7. The Morgan fingerprint density at radius 1 is 1.44 bits per heavy atom. The zero-order valence-corrected chi connectivity index (χ0v) is 10.5. The van der Waals surface area contributed by atoms with E-state index < -0.39 is 5.82 Å². The van der Waals surface area contributed by atoms with Crippen LogP contribution in [0.3, 0.4) is 0 Å². The number of rotatable bonds is 2. The third kappa shape index (κ3) is 1.53. The lowest BCUT2D eigenvalue weighted by Crippen LogP contribution is -1.94. The second kappa shape index (κ2) is 4.14. The molecule has 3 nitrogen and oxygen atoms in total. The number of fused-ring (bicyclic) bond motifs is 1. The fourth-order valence-corrected chi connectivity index (χ4v) is 2.31. The van der Waals surface area contributed by atoms with Crippen LogP contribution in [0, 0.1) is 5.82 Å². The summed E-state index contributed by atoms with van der Waals surface area (Å²) in [6.45, 7) is 2.80. The largest absolute Gasteiger partial charge is 0.360 e. The van der Waals surface area contributed by atoms with Gasteiger partial charge in [0.15, 0.2) is 5.82 Å². The Bertz CT molecular complexity index is 714. The molecule has 92 valence electrons. The number of halogens is 2. The molecule has 1 N–H and O–H groups in total. The topological polar surface area (TPSA) is 33.6 Å². The summed E-state index contributed by atoms with van der Waals surface area (Å²) in [6.07, 6.45) is 5.25. The lowest BCUT2D eigenvalue weighted by molar-refractivity contribution is 0.640. The Hall–Kier alpha value is -1.81. The van der Waals surface area contributed by atoms with E-state index in [4.69, 9.17) is 11.6 Å². The number of hydrogen-bond donors (Lipinski definition) is 1. The van der Waals surface area contributed by atoms with Crippen molar-refractivity contribution in [3.8, 4) is 11.3 Å². The predicted octanol–water partition coefficient (Wildman–Crippen LogP) is 3.84.